The van der Waals surface area contributed by atoms with E-state index in [2.05, 4.69) is 33.6 Å². The number of imidazole rings is 1. The lowest BCUT2D eigenvalue weighted by Crippen LogP contribution is -2.13. The van der Waals surface area contributed by atoms with E-state index in [-0.39, 0.29) is 0 Å². The fourth-order valence-electron chi connectivity index (χ4n) is 2.84. The van der Waals surface area contributed by atoms with E-state index in [1.807, 2.05) is 24.3 Å². The van der Waals surface area contributed by atoms with Crippen LogP contribution in [0.1, 0.15) is 12.5 Å². The largest absolute Gasteiger partial charge is 0.472 e. The lowest BCUT2D eigenvalue weighted by atomic mass is 10.1. The van der Waals surface area contributed by atoms with Crippen LogP contribution in [0.15, 0.2) is 60.8 Å². The van der Waals surface area contributed by atoms with Crippen molar-refractivity contribution in [1.29, 1.82) is 0 Å². The highest BCUT2D eigenvalue weighted by Gasteiger charge is 2.09. The fraction of sp³-hybridized carbons (Fsp3) is 0.150. The number of amides is 1. The van der Waals surface area contributed by atoms with Crippen LogP contribution >= 0.6 is 0 Å². The number of ether oxygens (including phenoxy) is 2. The molecule has 0 spiro atoms. The van der Waals surface area contributed by atoms with Crippen LogP contribution in [0, 0.1) is 0 Å². The van der Waals surface area contributed by atoms with Crippen molar-refractivity contribution in [3.05, 3.63) is 66.4 Å². The van der Waals surface area contributed by atoms with Gasteiger partial charge in [-0.2, -0.15) is 0 Å². The molecule has 1 amide bonds. The van der Waals surface area contributed by atoms with Crippen LogP contribution < -0.4 is 10.1 Å². The summed E-state index contributed by atoms with van der Waals surface area (Å²) in [6, 6.07) is 17.8. The lowest BCUT2D eigenvalue weighted by Gasteiger charge is -2.08. The summed E-state index contributed by atoms with van der Waals surface area (Å²) in [4.78, 5) is 15.8. The second-order valence-corrected chi connectivity index (χ2v) is 5.87. The molecule has 4 aromatic rings. The molecule has 7 nitrogen and oxygen atoms in total. The molecule has 2 aromatic heterocycles. The van der Waals surface area contributed by atoms with Gasteiger partial charge in [-0.3, -0.25) is 5.32 Å². The van der Waals surface area contributed by atoms with E-state index in [1.54, 1.807) is 29.8 Å². The Labute approximate surface area is 155 Å². The van der Waals surface area contributed by atoms with E-state index in [1.165, 1.54) is 5.39 Å². The van der Waals surface area contributed by atoms with Gasteiger partial charge in [-0.05, 0) is 29.3 Å². The van der Waals surface area contributed by atoms with Gasteiger partial charge in [0.2, 0.25) is 5.88 Å². The van der Waals surface area contributed by atoms with Gasteiger partial charge in [-0.25, -0.2) is 14.3 Å². The van der Waals surface area contributed by atoms with Crippen molar-refractivity contribution in [2.45, 2.75) is 13.5 Å². The van der Waals surface area contributed by atoms with E-state index in [0.717, 1.165) is 10.9 Å². The molecule has 1 N–H and O–H groups in total. The molecule has 0 aliphatic carbocycles. The average Bonchev–Trinajstić information content (AvgIpc) is 3.07. The quantitative estimate of drug-likeness (QED) is 0.580. The van der Waals surface area contributed by atoms with Crippen LogP contribution in [0.25, 0.3) is 16.4 Å². The minimum atomic E-state index is -0.548. The smallest absolute Gasteiger partial charge is 0.412 e. The summed E-state index contributed by atoms with van der Waals surface area (Å²) in [5, 5.41) is 9.27. The molecule has 2 heterocycles. The van der Waals surface area contributed by atoms with Gasteiger partial charge in [-0.1, -0.05) is 42.5 Å². The zero-order valence-electron chi connectivity index (χ0n) is 14.8. The molecule has 0 saturated heterocycles. The molecule has 0 aliphatic heterocycles. The predicted octanol–water partition coefficient (Wildman–Crippen LogP) is 4.03. The maximum Gasteiger partial charge on any atom is 0.412 e. The van der Waals surface area contributed by atoms with Gasteiger partial charge >= 0.3 is 6.09 Å². The first-order chi connectivity index (χ1) is 13.2. The molecule has 0 radical (unpaired) electrons. The van der Waals surface area contributed by atoms with Crippen LogP contribution in [0.4, 0.5) is 10.6 Å². The summed E-state index contributed by atoms with van der Waals surface area (Å²) < 4.78 is 12.3. The third-order valence-corrected chi connectivity index (χ3v) is 4.06. The number of nitrogens with zero attached hydrogens (tertiary/aromatic N) is 3. The molecule has 0 fully saturated rings. The number of hydrogen-bond donors (Lipinski definition) is 1. The number of rotatable bonds is 5. The minimum Gasteiger partial charge on any atom is -0.472 e. The van der Waals surface area contributed by atoms with Crippen molar-refractivity contribution < 1.29 is 14.3 Å². The lowest BCUT2D eigenvalue weighted by molar-refractivity contribution is 0.168. The van der Waals surface area contributed by atoms with E-state index in [9.17, 15) is 4.79 Å². The van der Waals surface area contributed by atoms with Gasteiger partial charge < -0.3 is 9.47 Å². The number of carbonyl (C=O) groups is 1. The number of benzene rings is 2. The van der Waals surface area contributed by atoms with Crippen molar-refractivity contribution in [2.75, 3.05) is 11.9 Å². The van der Waals surface area contributed by atoms with Gasteiger partial charge in [-0.15, -0.1) is 5.10 Å². The number of nitrogens with one attached hydrogen (secondary N) is 1. The van der Waals surface area contributed by atoms with Gasteiger partial charge in [0, 0.05) is 6.07 Å². The molecule has 27 heavy (non-hydrogen) atoms. The second kappa shape index (κ2) is 7.33. The monoisotopic (exact) mass is 362 g/mol. The van der Waals surface area contributed by atoms with E-state index < -0.39 is 6.09 Å². The Morgan fingerprint density at radius 1 is 1.11 bits per heavy atom. The first-order valence-corrected chi connectivity index (χ1v) is 8.62. The van der Waals surface area contributed by atoms with Crippen molar-refractivity contribution in [2.24, 2.45) is 0 Å². The predicted molar refractivity (Wildman–Crippen MR) is 102 cm³/mol. The first-order valence-electron chi connectivity index (χ1n) is 8.62. The molecular formula is C20H18N4O3. The van der Waals surface area contributed by atoms with E-state index in [4.69, 9.17) is 9.47 Å². The van der Waals surface area contributed by atoms with Gasteiger partial charge in [0.25, 0.3) is 0 Å². The van der Waals surface area contributed by atoms with Gasteiger partial charge in [0.1, 0.15) is 6.61 Å². The SMILES string of the molecule is CCOC(=O)Nc1cn2nc(OCc3cccc4ccccc34)ccc2n1. The van der Waals surface area contributed by atoms with Crippen molar-refractivity contribution in [1.82, 2.24) is 14.6 Å². The van der Waals surface area contributed by atoms with Crippen molar-refractivity contribution >= 4 is 28.3 Å². The van der Waals surface area contributed by atoms with E-state index in [0.29, 0.717) is 30.6 Å². The summed E-state index contributed by atoms with van der Waals surface area (Å²) in [6.07, 6.45) is 1.06. The summed E-state index contributed by atoms with van der Waals surface area (Å²) in [5.41, 5.74) is 1.68. The van der Waals surface area contributed by atoms with Crippen LogP contribution in [0.5, 0.6) is 5.88 Å². The number of anilines is 1. The zero-order chi connectivity index (χ0) is 18.6. The minimum absolute atomic E-state index is 0.295. The first kappa shape index (κ1) is 16.8. The maximum atomic E-state index is 11.5. The molecular weight excluding hydrogens is 344 g/mol. The van der Waals surface area contributed by atoms with Crippen molar-refractivity contribution in [3.63, 3.8) is 0 Å². The summed E-state index contributed by atoms with van der Waals surface area (Å²) in [7, 11) is 0. The third-order valence-electron chi connectivity index (χ3n) is 4.06. The van der Waals surface area contributed by atoms with Crippen LogP contribution in [0.2, 0.25) is 0 Å². The maximum absolute atomic E-state index is 11.5. The number of fused-ring (bicyclic) bond motifs is 2. The summed E-state index contributed by atoms with van der Waals surface area (Å²) in [6.45, 7) is 2.44. The summed E-state index contributed by atoms with van der Waals surface area (Å²) in [5.74, 6) is 0.836. The Kier molecular flexibility index (Phi) is 4.57. The Hall–Kier alpha value is -3.61. The second-order valence-electron chi connectivity index (χ2n) is 5.87. The Balaban J connectivity index is 1.51. The molecule has 2 aromatic carbocycles. The van der Waals surface area contributed by atoms with E-state index >= 15 is 0 Å². The Morgan fingerprint density at radius 3 is 2.85 bits per heavy atom. The average molecular weight is 362 g/mol. The normalized spacial score (nSPS) is 10.9. The standard InChI is InChI=1S/C20H18N4O3/c1-2-26-20(25)22-17-12-24-18(21-17)10-11-19(23-24)27-13-15-8-5-7-14-6-3-4-9-16(14)15/h3-12H,2,13H2,1H3,(H,22,25). The highest BCUT2D eigenvalue weighted by Crippen LogP contribution is 2.20. The molecule has 0 saturated carbocycles. The van der Waals surface area contributed by atoms with Gasteiger partial charge in [0.15, 0.2) is 11.5 Å². The van der Waals surface area contributed by atoms with Crippen LogP contribution in [-0.4, -0.2) is 27.3 Å². The molecule has 0 bridgehead atoms. The van der Waals surface area contributed by atoms with Crippen molar-refractivity contribution in [3.8, 4) is 5.88 Å². The summed E-state index contributed by atoms with van der Waals surface area (Å²) >= 11 is 0. The zero-order valence-corrected chi connectivity index (χ0v) is 14.8. The molecule has 0 atom stereocenters. The highest BCUT2D eigenvalue weighted by molar-refractivity contribution is 5.85. The molecule has 0 aliphatic rings. The van der Waals surface area contributed by atoms with Crippen LogP contribution in [0.3, 0.4) is 0 Å². The highest BCUT2D eigenvalue weighted by atomic mass is 16.5. The topological polar surface area (TPSA) is 77.8 Å². The number of aromatic nitrogens is 3. The fourth-order valence-corrected chi connectivity index (χ4v) is 2.84. The number of carbonyl (C=O) groups excluding carboxylic acids is 1. The molecule has 7 heteroatoms. The third kappa shape index (κ3) is 3.67. The Bertz CT molecular complexity index is 1100. The molecule has 136 valence electrons. The van der Waals surface area contributed by atoms with Gasteiger partial charge in [0.05, 0.1) is 12.8 Å². The Morgan fingerprint density at radius 2 is 1.96 bits per heavy atom. The number of hydrogen-bond acceptors (Lipinski definition) is 5. The molecule has 0 unspecified atom stereocenters. The van der Waals surface area contributed by atoms with Crippen LogP contribution in [-0.2, 0) is 11.3 Å². The molecule has 4 rings (SSSR count).